The van der Waals surface area contributed by atoms with Crippen LogP contribution in [0.25, 0.3) is 0 Å². The van der Waals surface area contributed by atoms with E-state index in [1.54, 1.807) is 7.11 Å². The number of rotatable bonds is 7. The first kappa shape index (κ1) is 22.1. The van der Waals surface area contributed by atoms with Crippen LogP contribution in [0.15, 0.2) is 30.3 Å². The number of ether oxygens (including phenoxy) is 3. The summed E-state index contributed by atoms with van der Waals surface area (Å²) in [6, 6.07) is 9.39. The summed E-state index contributed by atoms with van der Waals surface area (Å²) in [5, 5.41) is 13.0. The Morgan fingerprint density at radius 2 is 1.94 bits per heavy atom. The van der Waals surface area contributed by atoms with Gasteiger partial charge in [-0.25, -0.2) is 4.79 Å². The van der Waals surface area contributed by atoms with Gasteiger partial charge in [0, 0.05) is 36.9 Å². The van der Waals surface area contributed by atoms with Crippen LogP contribution in [0, 0.1) is 0 Å². The lowest BCUT2D eigenvalue weighted by atomic mass is 10.0. The molecule has 2 fully saturated rings. The van der Waals surface area contributed by atoms with E-state index in [1.165, 1.54) is 0 Å². The molecule has 4 rings (SSSR count). The van der Waals surface area contributed by atoms with Gasteiger partial charge in [0.2, 0.25) is 5.91 Å². The van der Waals surface area contributed by atoms with Crippen molar-refractivity contribution in [1.29, 1.82) is 0 Å². The first-order valence-corrected chi connectivity index (χ1v) is 11.1. The molecule has 3 N–H and O–H groups in total. The third-order valence-electron chi connectivity index (χ3n) is 6.03. The second-order valence-electron chi connectivity index (χ2n) is 8.35. The maximum Gasteiger partial charge on any atom is 0.407 e. The van der Waals surface area contributed by atoms with Crippen LogP contribution in [0.3, 0.4) is 0 Å². The fourth-order valence-electron chi connectivity index (χ4n) is 4.25. The minimum absolute atomic E-state index is 0.115. The molecule has 2 aliphatic rings. The van der Waals surface area contributed by atoms with Gasteiger partial charge < -0.3 is 24.8 Å². The standard InChI is InChI=1S/C23H30N4O5/c1-30-18-5-2-15(3-6-18)12-22(28)25-21-14-20(26-27-21)16-4-7-19(13-16)32-23(29)24-17-8-10-31-11-9-17/h2-3,5-6,14,16-17,19H,4,7-13H2,1H3,(H,24,29)(H2,25,26,27,28). The molecule has 1 aliphatic carbocycles. The molecule has 1 aliphatic heterocycles. The predicted molar refractivity (Wildman–Crippen MR) is 118 cm³/mol. The molecule has 2 unspecified atom stereocenters. The van der Waals surface area contributed by atoms with E-state index in [0.29, 0.717) is 19.0 Å². The van der Waals surface area contributed by atoms with Gasteiger partial charge in [-0.1, -0.05) is 12.1 Å². The number of alkyl carbamates (subject to hydrolysis) is 1. The van der Waals surface area contributed by atoms with Gasteiger partial charge in [-0.15, -0.1) is 0 Å². The van der Waals surface area contributed by atoms with Crippen LogP contribution in [0.1, 0.15) is 49.3 Å². The molecule has 2 amide bonds. The number of nitrogens with one attached hydrogen (secondary N) is 3. The summed E-state index contributed by atoms with van der Waals surface area (Å²) < 4.78 is 16.1. The van der Waals surface area contributed by atoms with Gasteiger partial charge in [-0.2, -0.15) is 5.10 Å². The Morgan fingerprint density at radius 1 is 1.16 bits per heavy atom. The summed E-state index contributed by atoms with van der Waals surface area (Å²) >= 11 is 0. The van der Waals surface area contributed by atoms with Crippen molar-refractivity contribution in [3.63, 3.8) is 0 Å². The van der Waals surface area contributed by atoms with Crippen LogP contribution in [-0.4, -0.2) is 54.7 Å². The van der Waals surface area contributed by atoms with Crippen LogP contribution in [0.2, 0.25) is 0 Å². The van der Waals surface area contributed by atoms with Gasteiger partial charge in [-0.3, -0.25) is 9.89 Å². The Bertz CT molecular complexity index is 907. The lowest BCUT2D eigenvalue weighted by Crippen LogP contribution is -2.40. The Balaban J connectivity index is 1.22. The average Bonchev–Trinajstić information content (AvgIpc) is 3.44. The van der Waals surface area contributed by atoms with Crippen molar-refractivity contribution in [2.45, 2.75) is 56.6 Å². The van der Waals surface area contributed by atoms with Gasteiger partial charge in [0.1, 0.15) is 11.9 Å². The molecule has 2 heterocycles. The zero-order valence-electron chi connectivity index (χ0n) is 18.3. The van der Waals surface area contributed by atoms with Crippen LogP contribution in [0.4, 0.5) is 10.6 Å². The average molecular weight is 443 g/mol. The lowest BCUT2D eigenvalue weighted by Gasteiger charge is -2.23. The number of aromatic amines is 1. The van der Waals surface area contributed by atoms with Crippen LogP contribution in [-0.2, 0) is 20.7 Å². The highest BCUT2D eigenvalue weighted by Crippen LogP contribution is 2.35. The van der Waals surface area contributed by atoms with E-state index in [9.17, 15) is 9.59 Å². The number of carbonyl (C=O) groups excluding carboxylic acids is 2. The molecule has 32 heavy (non-hydrogen) atoms. The normalized spacial score (nSPS) is 21.2. The SMILES string of the molecule is COc1ccc(CC(=O)Nc2cc(C3CCC(OC(=O)NC4CCOCC4)C3)[nH]n2)cc1. The molecule has 0 spiro atoms. The van der Waals surface area contributed by atoms with Crippen molar-refractivity contribution in [3.8, 4) is 5.75 Å². The smallest absolute Gasteiger partial charge is 0.407 e. The number of carbonyl (C=O) groups is 2. The Morgan fingerprint density at radius 3 is 2.69 bits per heavy atom. The first-order valence-electron chi connectivity index (χ1n) is 11.1. The number of amides is 2. The number of aromatic nitrogens is 2. The van der Waals surface area contributed by atoms with E-state index in [2.05, 4.69) is 20.8 Å². The molecule has 172 valence electrons. The number of hydrogen-bond acceptors (Lipinski definition) is 6. The number of nitrogens with zero attached hydrogens (tertiary/aromatic N) is 1. The van der Waals surface area contributed by atoms with E-state index in [1.807, 2.05) is 30.3 Å². The van der Waals surface area contributed by atoms with Gasteiger partial charge in [0.05, 0.1) is 13.5 Å². The summed E-state index contributed by atoms with van der Waals surface area (Å²) in [6.45, 7) is 1.35. The first-order chi connectivity index (χ1) is 15.6. The van der Waals surface area contributed by atoms with Gasteiger partial charge in [0.25, 0.3) is 0 Å². The molecule has 1 aromatic heterocycles. The highest BCUT2D eigenvalue weighted by molar-refractivity contribution is 5.91. The molecular weight excluding hydrogens is 412 g/mol. The predicted octanol–water partition coefficient (Wildman–Crippen LogP) is 3.14. The third kappa shape index (κ3) is 6.00. The van der Waals surface area contributed by atoms with Crippen molar-refractivity contribution in [1.82, 2.24) is 15.5 Å². The molecule has 1 saturated heterocycles. The maximum absolute atomic E-state index is 12.3. The number of H-pyrrole nitrogens is 1. The Kier molecular flexibility index (Phi) is 7.26. The summed E-state index contributed by atoms with van der Waals surface area (Å²) in [5.74, 6) is 1.34. The van der Waals surface area contributed by atoms with Gasteiger partial charge in [0.15, 0.2) is 5.82 Å². The second-order valence-corrected chi connectivity index (χ2v) is 8.35. The monoisotopic (exact) mass is 442 g/mol. The van der Waals surface area contributed by atoms with Gasteiger partial charge >= 0.3 is 6.09 Å². The van der Waals surface area contributed by atoms with Crippen molar-refractivity contribution < 1.29 is 23.8 Å². The van der Waals surface area contributed by atoms with Crippen molar-refractivity contribution in [2.75, 3.05) is 25.6 Å². The van der Waals surface area contributed by atoms with E-state index < -0.39 is 0 Å². The highest BCUT2D eigenvalue weighted by atomic mass is 16.6. The van der Waals surface area contributed by atoms with E-state index in [-0.39, 0.29) is 36.5 Å². The number of anilines is 1. The Hall–Kier alpha value is -3.07. The summed E-state index contributed by atoms with van der Waals surface area (Å²) in [4.78, 5) is 24.5. The maximum atomic E-state index is 12.3. The minimum Gasteiger partial charge on any atom is -0.497 e. The topological polar surface area (TPSA) is 115 Å². The zero-order valence-corrected chi connectivity index (χ0v) is 18.3. The molecule has 0 bridgehead atoms. The lowest BCUT2D eigenvalue weighted by molar-refractivity contribution is -0.115. The molecule has 2 atom stereocenters. The van der Waals surface area contributed by atoms with Crippen molar-refractivity contribution in [2.24, 2.45) is 0 Å². The summed E-state index contributed by atoms with van der Waals surface area (Å²) in [5.41, 5.74) is 1.84. The van der Waals surface area contributed by atoms with Crippen LogP contribution < -0.4 is 15.4 Å². The largest absolute Gasteiger partial charge is 0.497 e. The molecular formula is C23H30N4O5. The molecule has 2 aromatic rings. The second kappa shape index (κ2) is 10.5. The highest BCUT2D eigenvalue weighted by Gasteiger charge is 2.30. The molecule has 0 radical (unpaired) electrons. The molecule has 1 saturated carbocycles. The molecule has 9 nitrogen and oxygen atoms in total. The molecule has 9 heteroatoms. The van der Waals surface area contributed by atoms with E-state index in [0.717, 1.165) is 49.1 Å². The van der Waals surface area contributed by atoms with Crippen molar-refractivity contribution in [3.05, 3.63) is 41.6 Å². The van der Waals surface area contributed by atoms with Crippen LogP contribution in [0.5, 0.6) is 5.75 Å². The number of hydrogen-bond donors (Lipinski definition) is 3. The Labute approximate surface area is 187 Å². The number of methoxy groups -OCH3 is 1. The third-order valence-corrected chi connectivity index (χ3v) is 6.03. The van der Waals surface area contributed by atoms with E-state index in [4.69, 9.17) is 14.2 Å². The quantitative estimate of drug-likeness (QED) is 0.607. The zero-order chi connectivity index (χ0) is 22.3. The minimum atomic E-state index is -0.348. The summed E-state index contributed by atoms with van der Waals surface area (Å²) in [6.07, 6.45) is 3.89. The van der Waals surface area contributed by atoms with Crippen molar-refractivity contribution >= 4 is 17.8 Å². The van der Waals surface area contributed by atoms with Gasteiger partial charge in [-0.05, 0) is 49.8 Å². The fourth-order valence-corrected chi connectivity index (χ4v) is 4.25. The summed E-state index contributed by atoms with van der Waals surface area (Å²) in [7, 11) is 1.61. The number of benzene rings is 1. The molecule has 1 aromatic carbocycles. The fraction of sp³-hybridized carbons (Fsp3) is 0.522. The van der Waals surface area contributed by atoms with E-state index >= 15 is 0 Å². The van der Waals surface area contributed by atoms with Crippen LogP contribution >= 0.6 is 0 Å².